The number of aromatic amines is 1. The number of carbonyl (C=O) groups excluding carboxylic acids is 2. The summed E-state index contributed by atoms with van der Waals surface area (Å²) in [5.74, 6) is -0.659. The van der Waals surface area contributed by atoms with Crippen LogP contribution in [0.15, 0.2) is 53.3 Å². The molecule has 0 bridgehead atoms. The first-order valence-corrected chi connectivity index (χ1v) is 15.8. The third-order valence-corrected chi connectivity index (χ3v) is 7.90. The van der Waals surface area contributed by atoms with Gasteiger partial charge in [0.25, 0.3) is 0 Å². The van der Waals surface area contributed by atoms with E-state index in [2.05, 4.69) is 45.7 Å². The van der Waals surface area contributed by atoms with Crippen LogP contribution < -0.4 is 10.6 Å². The van der Waals surface area contributed by atoms with E-state index in [9.17, 15) is 22.8 Å². The minimum Gasteiger partial charge on any atom is -0.379 e. The molecule has 4 aromatic heterocycles. The number of benzene rings is 1. The SMILES string of the molecule is Cn1cc(-c2nc3c(-c4ccc(CNC(=O)c5nc(C(C)(C)C)no5)c(C(F)(F)F)c4)ccnc3[nH]2)c(NC(=O)/C=C/CN2CCOCC2)n1. The van der Waals surface area contributed by atoms with E-state index in [0.717, 1.165) is 19.2 Å². The van der Waals surface area contributed by atoms with Crippen molar-refractivity contribution in [1.29, 1.82) is 0 Å². The molecule has 14 nitrogen and oxygen atoms in total. The Morgan fingerprint density at radius 3 is 2.58 bits per heavy atom. The Bertz CT molecular complexity index is 2050. The zero-order valence-electron chi connectivity index (χ0n) is 27.8. The zero-order valence-corrected chi connectivity index (χ0v) is 27.8. The van der Waals surface area contributed by atoms with Crippen LogP contribution in [0.3, 0.4) is 0 Å². The molecule has 5 aromatic rings. The number of anilines is 1. The Balaban J connectivity index is 1.23. The van der Waals surface area contributed by atoms with Gasteiger partial charge >= 0.3 is 18.0 Å². The second-order valence-corrected chi connectivity index (χ2v) is 12.7. The van der Waals surface area contributed by atoms with Crippen molar-refractivity contribution in [3.63, 3.8) is 0 Å². The van der Waals surface area contributed by atoms with Crippen molar-refractivity contribution in [1.82, 2.24) is 45.1 Å². The summed E-state index contributed by atoms with van der Waals surface area (Å²) in [5.41, 5.74) is 0.144. The van der Waals surface area contributed by atoms with E-state index >= 15 is 0 Å². The molecule has 262 valence electrons. The molecule has 17 heteroatoms. The number of ether oxygens (including phenoxy) is 1. The third kappa shape index (κ3) is 7.73. The number of H-pyrrole nitrogens is 1. The van der Waals surface area contributed by atoms with Crippen molar-refractivity contribution in [2.75, 3.05) is 38.2 Å². The highest BCUT2D eigenvalue weighted by molar-refractivity contribution is 6.01. The van der Waals surface area contributed by atoms with E-state index in [0.29, 0.717) is 53.7 Å². The second-order valence-electron chi connectivity index (χ2n) is 12.7. The molecule has 0 aliphatic carbocycles. The summed E-state index contributed by atoms with van der Waals surface area (Å²) in [4.78, 5) is 43.7. The van der Waals surface area contributed by atoms with Crippen molar-refractivity contribution < 1.29 is 32.0 Å². The van der Waals surface area contributed by atoms with Gasteiger partial charge in [0.15, 0.2) is 17.3 Å². The molecule has 0 saturated carbocycles. The first-order valence-electron chi connectivity index (χ1n) is 15.8. The minimum atomic E-state index is -4.73. The van der Waals surface area contributed by atoms with Gasteiger partial charge in [-0.2, -0.15) is 23.3 Å². The molecule has 0 radical (unpaired) electrons. The van der Waals surface area contributed by atoms with Gasteiger partial charge in [0.05, 0.1) is 24.3 Å². The Hall–Kier alpha value is -5.42. The maximum Gasteiger partial charge on any atom is 0.416 e. The summed E-state index contributed by atoms with van der Waals surface area (Å²) < 4.78 is 54.9. The van der Waals surface area contributed by atoms with E-state index in [1.807, 2.05) is 20.8 Å². The lowest BCUT2D eigenvalue weighted by Gasteiger charge is -2.24. The van der Waals surface area contributed by atoms with Gasteiger partial charge in [-0.1, -0.05) is 44.1 Å². The van der Waals surface area contributed by atoms with Crippen molar-refractivity contribution in [2.45, 2.75) is 38.9 Å². The fraction of sp³-hybridized carbons (Fsp3) is 0.364. The molecule has 5 heterocycles. The molecular weight excluding hydrogens is 657 g/mol. The second kappa shape index (κ2) is 13.8. The van der Waals surface area contributed by atoms with Crippen LogP contribution in [-0.4, -0.2) is 84.4 Å². The van der Waals surface area contributed by atoms with E-state index in [-0.39, 0.29) is 28.7 Å². The lowest BCUT2D eigenvalue weighted by Crippen LogP contribution is -2.36. The maximum absolute atomic E-state index is 14.3. The number of carbonyl (C=O) groups is 2. The number of rotatable bonds is 9. The van der Waals surface area contributed by atoms with Crippen LogP contribution in [0, 0.1) is 0 Å². The molecule has 1 aliphatic rings. The van der Waals surface area contributed by atoms with Gasteiger partial charge in [0.1, 0.15) is 11.3 Å². The Kier molecular flexibility index (Phi) is 9.53. The average Bonchev–Trinajstić information content (AvgIpc) is 3.82. The lowest BCUT2D eigenvalue weighted by molar-refractivity contribution is -0.138. The zero-order chi connectivity index (χ0) is 35.6. The topological polar surface area (TPSA) is 169 Å². The summed E-state index contributed by atoms with van der Waals surface area (Å²) >= 11 is 0. The van der Waals surface area contributed by atoms with Gasteiger partial charge in [0, 0.05) is 62.7 Å². The number of morpholine rings is 1. The summed E-state index contributed by atoms with van der Waals surface area (Å²) in [6, 6.07) is 5.39. The Morgan fingerprint density at radius 2 is 1.86 bits per heavy atom. The van der Waals surface area contributed by atoms with Gasteiger partial charge in [0.2, 0.25) is 5.91 Å². The highest BCUT2D eigenvalue weighted by atomic mass is 19.4. The van der Waals surface area contributed by atoms with Gasteiger partial charge in [-0.15, -0.1) is 0 Å². The van der Waals surface area contributed by atoms with Crippen LogP contribution in [0.4, 0.5) is 19.0 Å². The molecule has 0 spiro atoms. The highest BCUT2D eigenvalue weighted by Gasteiger charge is 2.34. The Labute approximate surface area is 284 Å². The van der Waals surface area contributed by atoms with Crippen LogP contribution in [0.1, 0.15) is 48.4 Å². The number of pyridine rings is 1. The number of aryl methyl sites for hydroxylation is 1. The number of amides is 2. The number of hydrogen-bond acceptors (Lipinski definition) is 10. The van der Waals surface area contributed by atoms with Crippen LogP contribution in [0.2, 0.25) is 0 Å². The van der Waals surface area contributed by atoms with Gasteiger partial charge in [-0.3, -0.25) is 19.2 Å². The van der Waals surface area contributed by atoms with E-state index in [4.69, 9.17) is 9.26 Å². The largest absolute Gasteiger partial charge is 0.416 e. The maximum atomic E-state index is 14.3. The summed E-state index contributed by atoms with van der Waals surface area (Å²) in [6.07, 6.45) is 1.59. The van der Waals surface area contributed by atoms with Crippen molar-refractivity contribution in [3.8, 4) is 22.5 Å². The van der Waals surface area contributed by atoms with Crippen molar-refractivity contribution >= 4 is 28.8 Å². The van der Waals surface area contributed by atoms with Crippen LogP contribution >= 0.6 is 0 Å². The quantitative estimate of drug-likeness (QED) is 0.187. The third-order valence-electron chi connectivity index (χ3n) is 7.90. The van der Waals surface area contributed by atoms with E-state index < -0.39 is 29.6 Å². The summed E-state index contributed by atoms with van der Waals surface area (Å²) in [5, 5.41) is 13.4. The van der Waals surface area contributed by atoms with Crippen molar-refractivity contribution in [2.24, 2.45) is 7.05 Å². The molecular formula is C33H35F3N10O4. The number of aromatic nitrogens is 7. The monoisotopic (exact) mass is 692 g/mol. The molecule has 0 atom stereocenters. The first-order chi connectivity index (χ1) is 23.8. The van der Waals surface area contributed by atoms with Crippen molar-refractivity contribution in [3.05, 3.63) is 71.7 Å². The molecule has 1 aromatic carbocycles. The predicted octanol–water partition coefficient (Wildman–Crippen LogP) is 4.48. The lowest BCUT2D eigenvalue weighted by atomic mass is 9.96. The van der Waals surface area contributed by atoms with Gasteiger partial charge in [-0.05, 0) is 23.3 Å². The van der Waals surface area contributed by atoms with Gasteiger partial charge < -0.3 is 24.9 Å². The number of hydrogen-bond donors (Lipinski definition) is 3. The summed E-state index contributed by atoms with van der Waals surface area (Å²) in [7, 11) is 1.69. The normalized spacial score (nSPS) is 14.5. The average molecular weight is 693 g/mol. The molecule has 2 amide bonds. The molecule has 0 unspecified atom stereocenters. The minimum absolute atomic E-state index is 0.159. The smallest absolute Gasteiger partial charge is 0.379 e. The number of fused-ring (bicyclic) bond motifs is 1. The number of alkyl halides is 3. The van der Waals surface area contributed by atoms with E-state index in [1.54, 1.807) is 25.4 Å². The number of imidazole rings is 1. The number of nitrogens with one attached hydrogen (secondary N) is 3. The van der Waals surface area contributed by atoms with Crippen LogP contribution in [0.5, 0.6) is 0 Å². The summed E-state index contributed by atoms with van der Waals surface area (Å²) in [6.45, 7) is 8.57. The van der Waals surface area contributed by atoms with Crippen LogP contribution in [-0.2, 0) is 34.7 Å². The van der Waals surface area contributed by atoms with Crippen LogP contribution in [0.25, 0.3) is 33.7 Å². The Morgan fingerprint density at radius 1 is 1.08 bits per heavy atom. The molecule has 3 N–H and O–H groups in total. The highest BCUT2D eigenvalue weighted by Crippen LogP contribution is 2.37. The van der Waals surface area contributed by atoms with E-state index in [1.165, 1.54) is 29.1 Å². The molecule has 1 aliphatic heterocycles. The molecule has 1 fully saturated rings. The first kappa shape index (κ1) is 34.4. The molecule has 1 saturated heterocycles. The molecule has 6 rings (SSSR count). The predicted molar refractivity (Wildman–Crippen MR) is 176 cm³/mol. The van der Waals surface area contributed by atoms with Gasteiger partial charge in [-0.25, -0.2) is 9.97 Å². The standard InChI is InChI=1S/C33H35F3N10O4/c1-32(2,3)31-42-30(50-44-31)29(48)38-17-20-8-7-19(16-23(20)33(34,35)36)21-9-10-37-28-25(21)40-26(41-28)22-18-45(4)43-27(22)39-24(47)6-5-11-46-12-14-49-15-13-46/h5-10,16,18H,11-15,17H2,1-4H3,(H,38,48)(H,37,40,41)(H,39,43,47)/b6-5+. The number of nitrogens with zero attached hydrogens (tertiary/aromatic N) is 7. The fourth-order valence-corrected chi connectivity index (χ4v) is 5.31. The molecule has 50 heavy (non-hydrogen) atoms. The fourth-order valence-electron chi connectivity index (χ4n) is 5.31. The number of halogens is 3.